The van der Waals surface area contributed by atoms with Gasteiger partial charge in [0.2, 0.25) is 5.91 Å². The van der Waals surface area contributed by atoms with Gasteiger partial charge in [-0.15, -0.1) is 0 Å². The molecule has 0 bridgehead atoms. The van der Waals surface area contributed by atoms with E-state index in [1.54, 1.807) is 0 Å². The molecule has 2 amide bonds. The average molecular weight is 457 g/mol. The van der Waals surface area contributed by atoms with Gasteiger partial charge in [0.15, 0.2) is 5.69 Å². The molecule has 0 atom stereocenters. The molecular weight excluding hydrogens is 424 g/mol. The molecule has 2 heterocycles. The van der Waals surface area contributed by atoms with E-state index in [0.717, 1.165) is 48.9 Å². The number of hydrogen-bond donors (Lipinski definition) is 0. The Balaban J connectivity index is 1.21. The molecule has 176 valence electrons. The quantitative estimate of drug-likeness (QED) is 0.564. The molecule has 6 nitrogen and oxygen atoms in total. The number of aromatic nitrogens is 2. The second-order valence-corrected chi connectivity index (χ2v) is 9.34. The molecule has 0 radical (unpaired) electrons. The van der Waals surface area contributed by atoms with Crippen LogP contribution in [0.15, 0.2) is 54.6 Å². The fraction of sp³-hybridized carbons (Fsp3) is 0.393. The molecule has 1 aliphatic heterocycles. The SMILES string of the molecule is Cc1ccccc1-n1nc(C(=O)N2CCN(C(=O)CCCc3ccccc3)CC2)c2c1CCC2. The van der Waals surface area contributed by atoms with Gasteiger partial charge in [-0.25, -0.2) is 4.68 Å². The Kier molecular flexibility index (Phi) is 6.48. The van der Waals surface area contributed by atoms with E-state index in [1.165, 1.54) is 11.3 Å². The lowest BCUT2D eigenvalue weighted by atomic mass is 10.1. The number of piperazine rings is 1. The van der Waals surface area contributed by atoms with Gasteiger partial charge in [0.1, 0.15) is 0 Å². The van der Waals surface area contributed by atoms with Crippen molar-refractivity contribution in [2.45, 2.75) is 45.4 Å². The zero-order chi connectivity index (χ0) is 23.5. The highest BCUT2D eigenvalue weighted by molar-refractivity contribution is 5.94. The smallest absolute Gasteiger partial charge is 0.274 e. The van der Waals surface area contributed by atoms with Crippen molar-refractivity contribution in [2.24, 2.45) is 0 Å². The second kappa shape index (κ2) is 9.84. The van der Waals surface area contributed by atoms with E-state index in [4.69, 9.17) is 5.10 Å². The standard InChI is InChI=1S/C28H32N4O2/c1-21-9-5-6-14-24(21)32-25-15-8-13-23(25)27(29-32)28(34)31-19-17-30(18-20-31)26(33)16-7-12-22-10-3-2-4-11-22/h2-6,9-11,14H,7-8,12-13,15-20H2,1H3. The Morgan fingerprint density at radius 3 is 2.35 bits per heavy atom. The van der Waals surface area contributed by atoms with Crippen molar-refractivity contribution >= 4 is 11.8 Å². The van der Waals surface area contributed by atoms with Gasteiger partial charge >= 0.3 is 0 Å². The molecule has 6 heteroatoms. The molecule has 1 aliphatic carbocycles. The number of para-hydroxylation sites is 1. The van der Waals surface area contributed by atoms with Gasteiger partial charge in [-0.2, -0.15) is 5.10 Å². The number of amides is 2. The van der Waals surface area contributed by atoms with E-state index in [9.17, 15) is 9.59 Å². The van der Waals surface area contributed by atoms with Crippen LogP contribution in [0, 0.1) is 6.92 Å². The molecule has 0 spiro atoms. The molecule has 34 heavy (non-hydrogen) atoms. The van der Waals surface area contributed by atoms with Crippen LogP contribution in [-0.4, -0.2) is 57.6 Å². The fourth-order valence-corrected chi connectivity index (χ4v) is 5.16. The number of fused-ring (bicyclic) bond motifs is 1. The van der Waals surface area contributed by atoms with Crippen LogP contribution in [0.2, 0.25) is 0 Å². The summed E-state index contributed by atoms with van der Waals surface area (Å²) < 4.78 is 1.98. The van der Waals surface area contributed by atoms with Crippen molar-refractivity contribution in [3.8, 4) is 5.69 Å². The lowest BCUT2D eigenvalue weighted by Gasteiger charge is -2.34. The summed E-state index contributed by atoms with van der Waals surface area (Å²) in [5.74, 6) is 0.189. The molecule has 0 N–H and O–H groups in total. The van der Waals surface area contributed by atoms with E-state index >= 15 is 0 Å². The number of hydrogen-bond acceptors (Lipinski definition) is 3. The van der Waals surface area contributed by atoms with Gasteiger partial charge in [-0.3, -0.25) is 9.59 Å². The predicted molar refractivity (Wildman–Crippen MR) is 132 cm³/mol. The topological polar surface area (TPSA) is 58.4 Å². The fourth-order valence-electron chi connectivity index (χ4n) is 5.16. The third-order valence-electron chi connectivity index (χ3n) is 7.09. The number of aryl methyl sites for hydroxylation is 2. The first-order chi connectivity index (χ1) is 16.6. The van der Waals surface area contributed by atoms with Crippen molar-refractivity contribution < 1.29 is 9.59 Å². The largest absolute Gasteiger partial charge is 0.339 e. The first-order valence-electron chi connectivity index (χ1n) is 12.4. The molecule has 1 fully saturated rings. The Labute approximate surface area is 201 Å². The minimum absolute atomic E-state index is 0.00154. The number of rotatable bonds is 6. The Morgan fingerprint density at radius 1 is 0.882 bits per heavy atom. The van der Waals surface area contributed by atoms with Crippen molar-refractivity contribution in [2.75, 3.05) is 26.2 Å². The van der Waals surface area contributed by atoms with Crippen LogP contribution in [0.4, 0.5) is 0 Å². The zero-order valence-corrected chi connectivity index (χ0v) is 19.9. The summed E-state index contributed by atoms with van der Waals surface area (Å²) in [6, 6.07) is 18.5. The summed E-state index contributed by atoms with van der Waals surface area (Å²) in [5, 5.41) is 4.81. The van der Waals surface area contributed by atoms with Gasteiger partial charge < -0.3 is 9.80 Å². The number of carbonyl (C=O) groups excluding carboxylic acids is 2. The van der Waals surface area contributed by atoms with Crippen LogP contribution in [0.5, 0.6) is 0 Å². The van der Waals surface area contributed by atoms with Crippen LogP contribution in [0.25, 0.3) is 5.69 Å². The highest BCUT2D eigenvalue weighted by Crippen LogP contribution is 2.29. The molecule has 0 unspecified atom stereocenters. The van der Waals surface area contributed by atoms with Crippen molar-refractivity contribution in [3.05, 3.63) is 82.7 Å². The predicted octanol–water partition coefficient (Wildman–Crippen LogP) is 3.98. The summed E-state index contributed by atoms with van der Waals surface area (Å²) in [6.07, 6.45) is 5.24. The Hall–Kier alpha value is -3.41. The molecule has 2 aromatic carbocycles. The zero-order valence-electron chi connectivity index (χ0n) is 19.9. The van der Waals surface area contributed by atoms with Gasteiger partial charge in [-0.05, 0) is 56.2 Å². The molecule has 1 aromatic heterocycles. The second-order valence-electron chi connectivity index (χ2n) is 9.34. The first kappa shape index (κ1) is 22.4. The molecule has 5 rings (SSSR count). The summed E-state index contributed by atoms with van der Waals surface area (Å²) in [7, 11) is 0. The van der Waals surface area contributed by atoms with Crippen LogP contribution < -0.4 is 0 Å². The lowest BCUT2D eigenvalue weighted by Crippen LogP contribution is -2.50. The van der Waals surface area contributed by atoms with Gasteiger partial charge in [0.05, 0.1) is 5.69 Å². The molecule has 0 saturated carbocycles. The van der Waals surface area contributed by atoms with E-state index in [-0.39, 0.29) is 11.8 Å². The maximum Gasteiger partial charge on any atom is 0.274 e. The summed E-state index contributed by atoms with van der Waals surface area (Å²) in [4.78, 5) is 29.9. The van der Waals surface area contributed by atoms with Gasteiger partial charge in [0, 0.05) is 43.9 Å². The number of benzene rings is 2. The third-order valence-corrected chi connectivity index (χ3v) is 7.09. The third kappa shape index (κ3) is 4.49. The van der Waals surface area contributed by atoms with E-state index in [2.05, 4.69) is 31.2 Å². The summed E-state index contributed by atoms with van der Waals surface area (Å²) in [6.45, 7) is 4.40. The van der Waals surface area contributed by atoms with Crippen LogP contribution in [0.1, 0.15) is 52.1 Å². The minimum Gasteiger partial charge on any atom is -0.339 e. The maximum absolute atomic E-state index is 13.4. The molecule has 2 aliphatic rings. The molecule has 3 aromatic rings. The molecular formula is C28H32N4O2. The average Bonchev–Trinajstić information content (AvgIpc) is 3.48. The number of nitrogens with zero attached hydrogens (tertiary/aromatic N) is 4. The van der Waals surface area contributed by atoms with E-state index in [1.807, 2.05) is 44.8 Å². The van der Waals surface area contributed by atoms with Crippen molar-refractivity contribution in [1.82, 2.24) is 19.6 Å². The summed E-state index contributed by atoms with van der Waals surface area (Å²) in [5.41, 5.74) is 6.34. The molecule has 1 saturated heterocycles. The number of carbonyl (C=O) groups is 2. The van der Waals surface area contributed by atoms with Crippen molar-refractivity contribution in [1.29, 1.82) is 0 Å². The lowest BCUT2D eigenvalue weighted by molar-refractivity contribution is -0.132. The maximum atomic E-state index is 13.4. The van der Waals surface area contributed by atoms with Crippen LogP contribution in [-0.2, 0) is 24.1 Å². The van der Waals surface area contributed by atoms with Crippen molar-refractivity contribution in [3.63, 3.8) is 0 Å². The van der Waals surface area contributed by atoms with Crippen LogP contribution >= 0.6 is 0 Å². The first-order valence-corrected chi connectivity index (χ1v) is 12.4. The van der Waals surface area contributed by atoms with Gasteiger partial charge in [-0.1, -0.05) is 48.5 Å². The monoisotopic (exact) mass is 456 g/mol. The van der Waals surface area contributed by atoms with E-state index in [0.29, 0.717) is 38.3 Å². The highest BCUT2D eigenvalue weighted by atomic mass is 16.2. The van der Waals surface area contributed by atoms with Crippen LogP contribution in [0.3, 0.4) is 0 Å². The Bertz CT molecular complexity index is 1180. The van der Waals surface area contributed by atoms with Gasteiger partial charge in [0.25, 0.3) is 5.91 Å². The van der Waals surface area contributed by atoms with E-state index < -0.39 is 0 Å². The summed E-state index contributed by atoms with van der Waals surface area (Å²) >= 11 is 0. The minimum atomic E-state index is 0.00154. The highest BCUT2D eigenvalue weighted by Gasteiger charge is 2.32. The normalized spacial score (nSPS) is 15.4. The Morgan fingerprint density at radius 2 is 1.59 bits per heavy atom.